The van der Waals surface area contributed by atoms with E-state index in [2.05, 4.69) is 16.0 Å². The summed E-state index contributed by atoms with van der Waals surface area (Å²) in [6.45, 7) is 5.31. The average molecular weight is 368 g/mol. The summed E-state index contributed by atoms with van der Waals surface area (Å²) < 4.78 is 0. The molecular weight excluding hydrogens is 338 g/mol. The summed E-state index contributed by atoms with van der Waals surface area (Å²) in [6, 6.07) is 7.44. The molecule has 0 bridgehead atoms. The van der Waals surface area contributed by atoms with Crippen molar-refractivity contribution in [3.05, 3.63) is 35.4 Å². The molecule has 0 saturated carbocycles. The molecule has 1 fully saturated rings. The Morgan fingerprint density at radius 2 is 1.96 bits per heavy atom. The van der Waals surface area contributed by atoms with E-state index in [9.17, 15) is 9.59 Å². The van der Waals surface area contributed by atoms with Crippen LogP contribution < -0.4 is 16.0 Å². The highest BCUT2D eigenvalue weighted by molar-refractivity contribution is 5.94. The molecule has 1 saturated heterocycles. The highest BCUT2D eigenvalue weighted by Crippen LogP contribution is 2.17. The fraction of sp³-hybridized carbons (Fsp3) is 0.579. The van der Waals surface area contributed by atoms with E-state index in [1.54, 1.807) is 6.07 Å². The minimum absolute atomic E-state index is 0. The monoisotopic (exact) mass is 367 g/mol. The van der Waals surface area contributed by atoms with Crippen molar-refractivity contribution in [2.45, 2.75) is 45.6 Å². The predicted molar refractivity (Wildman–Crippen MR) is 103 cm³/mol. The van der Waals surface area contributed by atoms with Gasteiger partial charge in [0.1, 0.15) is 0 Å². The highest BCUT2D eigenvalue weighted by Gasteiger charge is 2.14. The zero-order valence-electron chi connectivity index (χ0n) is 15.0. The molecule has 6 heteroatoms. The van der Waals surface area contributed by atoms with Crippen LogP contribution in [-0.2, 0) is 11.3 Å². The van der Waals surface area contributed by atoms with E-state index < -0.39 is 0 Å². The fourth-order valence-electron chi connectivity index (χ4n) is 2.96. The van der Waals surface area contributed by atoms with Gasteiger partial charge in [0, 0.05) is 25.1 Å². The Balaban J connectivity index is 0.00000312. The van der Waals surface area contributed by atoms with Gasteiger partial charge in [-0.15, -0.1) is 12.4 Å². The maximum Gasteiger partial charge on any atom is 0.251 e. The van der Waals surface area contributed by atoms with Crippen LogP contribution in [0.4, 0.5) is 0 Å². The number of piperidine rings is 1. The summed E-state index contributed by atoms with van der Waals surface area (Å²) >= 11 is 0. The number of rotatable bonds is 8. The van der Waals surface area contributed by atoms with Crippen molar-refractivity contribution in [2.75, 3.05) is 19.6 Å². The van der Waals surface area contributed by atoms with E-state index in [1.807, 2.05) is 25.1 Å². The molecule has 0 spiro atoms. The fourth-order valence-corrected chi connectivity index (χ4v) is 2.96. The smallest absolute Gasteiger partial charge is 0.251 e. The second-order valence-electron chi connectivity index (χ2n) is 6.47. The molecular formula is C19H30ClN3O2. The van der Waals surface area contributed by atoms with Crippen LogP contribution >= 0.6 is 12.4 Å². The maximum absolute atomic E-state index is 12.0. The maximum atomic E-state index is 12.0. The van der Waals surface area contributed by atoms with Crippen molar-refractivity contribution in [3.8, 4) is 0 Å². The second-order valence-corrected chi connectivity index (χ2v) is 6.47. The largest absolute Gasteiger partial charge is 0.352 e. The number of amides is 2. The normalized spacial score (nSPS) is 14.4. The lowest BCUT2D eigenvalue weighted by molar-refractivity contribution is -0.121. The standard InChI is InChI=1S/C19H29N3O2.ClH/c1-2-10-21-19(24)17-5-3-4-16(13-17)14-22-18(23)7-6-15-8-11-20-12-9-15;/h3-5,13,15,20H,2,6-12,14H2,1H3,(H,21,24)(H,22,23);1H. The summed E-state index contributed by atoms with van der Waals surface area (Å²) in [5.74, 6) is 0.702. The number of benzene rings is 1. The lowest BCUT2D eigenvalue weighted by Crippen LogP contribution is -2.29. The summed E-state index contributed by atoms with van der Waals surface area (Å²) in [6.07, 6.45) is 4.80. The number of halogens is 1. The number of carbonyl (C=O) groups is 2. The minimum atomic E-state index is -0.0593. The van der Waals surface area contributed by atoms with Crippen LogP contribution in [0.3, 0.4) is 0 Å². The molecule has 5 nitrogen and oxygen atoms in total. The number of nitrogens with one attached hydrogen (secondary N) is 3. The van der Waals surface area contributed by atoms with Gasteiger partial charge < -0.3 is 16.0 Å². The molecule has 25 heavy (non-hydrogen) atoms. The van der Waals surface area contributed by atoms with Crippen LogP contribution in [0.5, 0.6) is 0 Å². The third-order valence-electron chi connectivity index (χ3n) is 4.45. The van der Waals surface area contributed by atoms with Crippen LogP contribution in [0, 0.1) is 5.92 Å². The third kappa shape index (κ3) is 7.88. The Labute approximate surface area is 156 Å². The van der Waals surface area contributed by atoms with E-state index in [-0.39, 0.29) is 24.2 Å². The van der Waals surface area contributed by atoms with E-state index in [0.717, 1.165) is 31.5 Å². The van der Waals surface area contributed by atoms with Crippen molar-refractivity contribution in [3.63, 3.8) is 0 Å². The summed E-state index contributed by atoms with van der Waals surface area (Å²) in [5, 5.41) is 9.17. The summed E-state index contributed by atoms with van der Waals surface area (Å²) in [4.78, 5) is 24.0. The Morgan fingerprint density at radius 1 is 1.20 bits per heavy atom. The Kier molecular flexibility index (Phi) is 10.2. The van der Waals surface area contributed by atoms with Gasteiger partial charge in [-0.05, 0) is 62.4 Å². The molecule has 1 aliphatic heterocycles. The molecule has 0 radical (unpaired) electrons. The van der Waals surface area contributed by atoms with Gasteiger partial charge in [0.15, 0.2) is 0 Å². The predicted octanol–water partition coefficient (Wildman–Crippen LogP) is 2.64. The summed E-state index contributed by atoms with van der Waals surface area (Å²) in [7, 11) is 0. The number of hydrogen-bond acceptors (Lipinski definition) is 3. The van der Waals surface area contributed by atoms with Crippen molar-refractivity contribution >= 4 is 24.2 Å². The number of carbonyl (C=O) groups excluding carboxylic acids is 2. The van der Waals surface area contributed by atoms with Gasteiger partial charge in [0.25, 0.3) is 5.91 Å². The molecule has 3 N–H and O–H groups in total. The van der Waals surface area contributed by atoms with E-state index >= 15 is 0 Å². The zero-order chi connectivity index (χ0) is 17.2. The second kappa shape index (κ2) is 11.9. The van der Waals surface area contributed by atoms with Crippen molar-refractivity contribution in [1.82, 2.24) is 16.0 Å². The molecule has 1 aromatic rings. The molecule has 140 valence electrons. The molecule has 0 aromatic heterocycles. The minimum Gasteiger partial charge on any atom is -0.352 e. The van der Waals surface area contributed by atoms with Crippen LogP contribution in [0.25, 0.3) is 0 Å². The van der Waals surface area contributed by atoms with E-state index in [1.165, 1.54) is 12.8 Å². The Hall–Kier alpha value is -1.59. The molecule has 2 amide bonds. The third-order valence-corrected chi connectivity index (χ3v) is 4.45. The van der Waals surface area contributed by atoms with Gasteiger partial charge in [0.05, 0.1) is 0 Å². The van der Waals surface area contributed by atoms with Gasteiger partial charge in [0.2, 0.25) is 5.91 Å². The van der Waals surface area contributed by atoms with Gasteiger partial charge >= 0.3 is 0 Å². The van der Waals surface area contributed by atoms with Crippen LogP contribution in [0.2, 0.25) is 0 Å². The van der Waals surface area contributed by atoms with E-state index in [0.29, 0.717) is 31.0 Å². The molecule has 1 aromatic carbocycles. The van der Waals surface area contributed by atoms with Gasteiger partial charge in [-0.25, -0.2) is 0 Å². The summed E-state index contributed by atoms with van der Waals surface area (Å²) in [5.41, 5.74) is 1.60. The average Bonchev–Trinajstić information content (AvgIpc) is 2.63. The zero-order valence-corrected chi connectivity index (χ0v) is 15.8. The highest BCUT2D eigenvalue weighted by atomic mass is 35.5. The molecule has 2 rings (SSSR count). The SMILES string of the molecule is CCCNC(=O)c1cccc(CNC(=O)CCC2CCNCC2)c1.Cl. The first-order valence-electron chi connectivity index (χ1n) is 9.03. The first-order valence-corrected chi connectivity index (χ1v) is 9.03. The van der Waals surface area contributed by atoms with Crippen molar-refractivity contribution in [2.24, 2.45) is 5.92 Å². The first kappa shape index (κ1) is 21.5. The Bertz CT molecular complexity index is 545. The molecule has 1 heterocycles. The van der Waals surface area contributed by atoms with Crippen LogP contribution in [0.1, 0.15) is 54.9 Å². The molecule has 0 aliphatic carbocycles. The lowest BCUT2D eigenvalue weighted by Gasteiger charge is -2.22. The van der Waals surface area contributed by atoms with Crippen molar-refractivity contribution in [1.29, 1.82) is 0 Å². The van der Waals surface area contributed by atoms with Gasteiger partial charge in [-0.3, -0.25) is 9.59 Å². The number of hydrogen-bond donors (Lipinski definition) is 3. The lowest BCUT2D eigenvalue weighted by atomic mass is 9.93. The van der Waals surface area contributed by atoms with Crippen LogP contribution in [0.15, 0.2) is 24.3 Å². The molecule has 0 atom stereocenters. The van der Waals surface area contributed by atoms with Crippen LogP contribution in [-0.4, -0.2) is 31.4 Å². The molecule has 0 unspecified atom stereocenters. The van der Waals surface area contributed by atoms with Gasteiger partial charge in [-0.2, -0.15) is 0 Å². The van der Waals surface area contributed by atoms with Crippen molar-refractivity contribution < 1.29 is 9.59 Å². The Morgan fingerprint density at radius 3 is 2.68 bits per heavy atom. The van der Waals surface area contributed by atoms with Gasteiger partial charge in [-0.1, -0.05) is 19.1 Å². The topological polar surface area (TPSA) is 70.2 Å². The first-order chi connectivity index (χ1) is 11.7. The van der Waals surface area contributed by atoms with E-state index in [4.69, 9.17) is 0 Å². The quantitative estimate of drug-likeness (QED) is 0.661. The molecule has 1 aliphatic rings.